The molecule has 1 rings (SSSR count). The van der Waals surface area contributed by atoms with Crippen molar-refractivity contribution in [3.8, 4) is 0 Å². The van der Waals surface area contributed by atoms with E-state index in [2.05, 4.69) is 13.2 Å². The molecule has 4 nitrogen and oxygen atoms in total. The SMILES string of the molecule is C=CC(=O)OCC([Si]C(Cl)Cl)C(OC(=O)C=C)c1ccccc1. The summed E-state index contributed by atoms with van der Waals surface area (Å²) in [4.78, 5) is 23.0. The molecule has 2 radical (unpaired) electrons. The minimum Gasteiger partial charge on any atom is -0.462 e. The maximum absolute atomic E-state index is 11.7. The molecule has 0 aromatic heterocycles. The lowest BCUT2D eigenvalue weighted by atomic mass is 10.1. The largest absolute Gasteiger partial charge is 0.462 e. The van der Waals surface area contributed by atoms with E-state index in [0.717, 1.165) is 17.7 Å². The Morgan fingerprint density at radius 3 is 2.26 bits per heavy atom. The summed E-state index contributed by atoms with van der Waals surface area (Å²) in [6.45, 7) is 6.74. The quantitative estimate of drug-likeness (QED) is 0.289. The average Bonchev–Trinajstić information content (AvgIpc) is 2.56. The average molecular weight is 371 g/mol. The van der Waals surface area contributed by atoms with Gasteiger partial charge in [-0.2, -0.15) is 0 Å². The van der Waals surface area contributed by atoms with Crippen LogP contribution in [-0.2, 0) is 19.1 Å². The predicted molar refractivity (Wildman–Crippen MR) is 91.6 cm³/mol. The standard InChI is InChI=1S/C16H16Cl2O4Si/c1-3-13(19)21-10-12(23-16(17)18)15(22-14(20)4-2)11-8-6-5-7-9-11/h3-9,12,15-16H,1-2,10H2. The highest BCUT2D eigenvalue weighted by molar-refractivity contribution is 6.69. The molecule has 0 saturated carbocycles. The first-order chi connectivity index (χ1) is 11.0. The van der Waals surface area contributed by atoms with Crippen LogP contribution in [0.15, 0.2) is 55.6 Å². The lowest BCUT2D eigenvalue weighted by Gasteiger charge is -2.26. The molecule has 0 bridgehead atoms. The van der Waals surface area contributed by atoms with Crippen molar-refractivity contribution in [2.24, 2.45) is 0 Å². The van der Waals surface area contributed by atoms with Crippen molar-refractivity contribution < 1.29 is 19.1 Å². The lowest BCUT2D eigenvalue weighted by Crippen LogP contribution is -2.27. The molecule has 0 N–H and O–H groups in total. The number of benzene rings is 1. The van der Waals surface area contributed by atoms with Crippen LogP contribution in [0.3, 0.4) is 0 Å². The number of carbonyl (C=O) groups excluding carboxylic acids is 2. The summed E-state index contributed by atoms with van der Waals surface area (Å²) < 4.78 is 9.85. The Balaban J connectivity index is 3.03. The van der Waals surface area contributed by atoms with Crippen LogP contribution in [0, 0.1) is 0 Å². The monoisotopic (exact) mass is 370 g/mol. The van der Waals surface area contributed by atoms with Crippen molar-refractivity contribution in [2.75, 3.05) is 6.61 Å². The smallest absolute Gasteiger partial charge is 0.330 e. The van der Waals surface area contributed by atoms with Crippen molar-refractivity contribution in [2.45, 2.75) is 16.1 Å². The molecule has 2 unspecified atom stereocenters. The molecule has 23 heavy (non-hydrogen) atoms. The van der Waals surface area contributed by atoms with Crippen LogP contribution in [-0.4, -0.2) is 32.5 Å². The van der Waals surface area contributed by atoms with Gasteiger partial charge in [-0.1, -0.05) is 43.5 Å². The summed E-state index contributed by atoms with van der Waals surface area (Å²) in [5.74, 6) is -1.15. The molecule has 0 fully saturated rings. The predicted octanol–water partition coefficient (Wildman–Crippen LogP) is 3.44. The zero-order chi connectivity index (χ0) is 17.2. The van der Waals surface area contributed by atoms with Gasteiger partial charge in [0.1, 0.15) is 6.10 Å². The second kappa shape index (κ2) is 10.3. The third-order valence-electron chi connectivity index (χ3n) is 2.82. The van der Waals surface area contributed by atoms with Crippen LogP contribution in [0.5, 0.6) is 0 Å². The van der Waals surface area contributed by atoms with Crippen LogP contribution in [0.4, 0.5) is 0 Å². The first kappa shape index (κ1) is 19.5. The van der Waals surface area contributed by atoms with E-state index in [1.165, 1.54) is 0 Å². The van der Waals surface area contributed by atoms with E-state index < -0.39 is 22.5 Å². The van der Waals surface area contributed by atoms with Crippen molar-refractivity contribution in [1.29, 1.82) is 0 Å². The van der Waals surface area contributed by atoms with Crippen LogP contribution < -0.4 is 0 Å². The van der Waals surface area contributed by atoms with Gasteiger partial charge in [-0.15, -0.1) is 23.2 Å². The highest BCUT2D eigenvalue weighted by Crippen LogP contribution is 2.32. The summed E-state index contributed by atoms with van der Waals surface area (Å²) in [5, 5.41) is 0. The molecular formula is C16H16Cl2O4Si. The van der Waals surface area contributed by atoms with E-state index in [1.54, 1.807) is 0 Å². The van der Waals surface area contributed by atoms with Gasteiger partial charge < -0.3 is 9.47 Å². The fourth-order valence-electron chi connectivity index (χ4n) is 1.81. The summed E-state index contributed by atoms with van der Waals surface area (Å²) in [6, 6.07) is 9.10. The minimum absolute atomic E-state index is 0.00320. The van der Waals surface area contributed by atoms with E-state index in [0.29, 0.717) is 0 Å². The summed E-state index contributed by atoms with van der Waals surface area (Å²) >= 11 is 11.8. The molecule has 0 aliphatic carbocycles. The third kappa shape index (κ3) is 7.03. The van der Waals surface area contributed by atoms with Crippen LogP contribution in [0.25, 0.3) is 0 Å². The number of esters is 2. The Labute approximate surface area is 147 Å². The van der Waals surface area contributed by atoms with Crippen molar-refractivity contribution in [3.05, 3.63) is 61.2 Å². The molecule has 2 atom stereocenters. The zero-order valence-corrected chi connectivity index (χ0v) is 14.8. The lowest BCUT2D eigenvalue weighted by molar-refractivity contribution is -0.145. The Hall–Kier alpha value is -1.56. The van der Waals surface area contributed by atoms with Gasteiger partial charge in [-0.25, -0.2) is 9.59 Å². The highest BCUT2D eigenvalue weighted by Gasteiger charge is 2.30. The fourth-order valence-corrected chi connectivity index (χ4v) is 3.72. The summed E-state index contributed by atoms with van der Waals surface area (Å²) in [6.07, 6.45) is 1.48. The normalized spacial score (nSPS) is 13.0. The number of hydrogen-bond donors (Lipinski definition) is 0. The van der Waals surface area contributed by atoms with Gasteiger partial charge in [0.05, 0.1) is 20.6 Å². The topological polar surface area (TPSA) is 52.6 Å². The molecule has 1 aromatic carbocycles. The molecule has 0 aliphatic heterocycles. The van der Waals surface area contributed by atoms with Crippen molar-refractivity contribution in [3.63, 3.8) is 0 Å². The maximum atomic E-state index is 11.7. The summed E-state index contributed by atoms with van der Waals surface area (Å²) in [7, 11) is -0.00467. The van der Waals surface area contributed by atoms with Crippen LogP contribution >= 0.6 is 23.2 Å². The van der Waals surface area contributed by atoms with Gasteiger partial charge in [0.15, 0.2) is 0 Å². The van der Waals surface area contributed by atoms with E-state index in [9.17, 15) is 9.59 Å². The van der Waals surface area contributed by atoms with Gasteiger partial charge in [0.25, 0.3) is 0 Å². The van der Waals surface area contributed by atoms with Gasteiger partial charge in [-0.05, 0) is 5.56 Å². The highest BCUT2D eigenvalue weighted by atomic mass is 35.5. The zero-order valence-electron chi connectivity index (χ0n) is 12.3. The Kier molecular flexibility index (Phi) is 8.69. The second-order valence-electron chi connectivity index (χ2n) is 4.38. The van der Waals surface area contributed by atoms with Gasteiger partial charge in [0.2, 0.25) is 0 Å². The first-order valence-electron chi connectivity index (χ1n) is 6.69. The van der Waals surface area contributed by atoms with E-state index >= 15 is 0 Å². The molecule has 1 aromatic rings. The van der Waals surface area contributed by atoms with E-state index in [-0.39, 0.29) is 21.7 Å². The Morgan fingerprint density at radius 2 is 1.74 bits per heavy atom. The molecule has 0 heterocycles. The van der Waals surface area contributed by atoms with Gasteiger partial charge in [-0.3, -0.25) is 0 Å². The number of alkyl halides is 2. The number of hydrogen-bond acceptors (Lipinski definition) is 4. The number of halogens is 2. The van der Waals surface area contributed by atoms with Crippen LogP contribution in [0.2, 0.25) is 5.54 Å². The number of ether oxygens (including phenoxy) is 2. The molecule has 7 heteroatoms. The second-order valence-corrected chi connectivity index (χ2v) is 7.86. The number of rotatable bonds is 9. The van der Waals surface area contributed by atoms with Gasteiger partial charge >= 0.3 is 11.9 Å². The third-order valence-corrected chi connectivity index (χ3v) is 4.72. The molecule has 122 valence electrons. The molecule has 0 aliphatic rings. The van der Waals surface area contributed by atoms with Gasteiger partial charge in [0, 0.05) is 17.7 Å². The van der Waals surface area contributed by atoms with Crippen molar-refractivity contribution >= 4 is 44.7 Å². The van der Waals surface area contributed by atoms with Crippen LogP contribution in [0.1, 0.15) is 11.7 Å². The first-order valence-corrected chi connectivity index (χ1v) is 8.72. The number of carbonyl (C=O) groups is 2. The Bertz CT molecular complexity index is 548. The Morgan fingerprint density at radius 1 is 1.13 bits per heavy atom. The van der Waals surface area contributed by atoms with Crippen molar-refractivity contribution in [1.82, 2.24) is 0 Å². The molecular weight excluding hydrogens is 355 g/mol. The fraction of sp³-hybridized carbons (Fsp3) is 0.250. The summed E-state index contributed by atoms with van der Waals surface area (Å²) in [5.41, 5.74) is 0.369. The van der Waals surface area contributed by atoms with E-state index in [1.807, 2.05) is 30.3 Å². The molecule has 0 amide bonds. The molecule has 0 saturated heterocycles. The van der Waals surface area contributed by atoms with E-state index in [4.69, 9.17) is 32.7 Å². The molecule has 0 spiro atoms. The maximum Gasteiger partial charge on any atom is 0.330 e. The minimum atomic E-state index is -0.670.